The second-order valence-corrected chi connectivity index (χ2v) is 9.37. The quantitative estimate of drug-likeness (QED) is 0.629. The number of nitrogens with zero attached hydrogens (tertiary/aromatic N) is 2. The Labute approximate surface area is 205 Å². The minimum absolute atomic E-state index is 0.00231. The number of amides is 3. The summed E-state index contributed by atoms with van der Waals surface area (Å²) in [5, 5.41) is 2.92. The first kappa shape index (κ1) is 24.9. The largest absolute Gasteiger partial charge is 0.375 e. The van der Waals surface area contributed by atoms with Gasteiger partial charge in [0, 0.05) is 38.9 Å². The number of benzene rings is 2. The third-order valence-electron chi connectivity index (χ3n) is 7.22. The number of likely N-dealkylation sites (N-methyl/N-ethyl adjacent to an activating group) is 1. The van der Waals surface area contributed by atoms with Crippen LogP contribution in [0.3, 0.4) is 0 Å². The molecular weight excluding hydrogens is 449 g/mol. The van der Waals surface area contributed by atoms with Gasteiger partial charge in [0.2, 0.25) is 11.8 Å². The second-order valence-electron chi connectivity index (χ2n) is 9.37. The summed E-state index contributed by atoms with van der Waals surface area (Å²) in [4.78, 5) is 41.4. The number of fused-ring (bicyclic) bond motifs is 1. The minimum Gasteiger partial charge on any atom is -0.375 e. The molecule has 2 aliphatic rings. The molecule has 2 aromatic carbocycles. The van der Waals surface area contributed by atoms with Crippen LogP contribution in [0.2, 0.25) is 0 Å². The van der Waals surface area contributed by atoms with Gasteiger partial charge in [0.15, 0.2) is 0 Å². The zero-order valence-corrected chi connectivity index (χ0v) is 20.2. The molecule has 0 aliphatic carbocycles. The van der Waals surface area contributed by atoms with Gasteiger partial charge >= 0.3 is 0 Å². The zero-order chi connectivity index (χ0) is 24.9. The van der Waals surface area contributed by atoms with Gasteiger partial charge in [0.05, 0.1) is 12.5 Å². The lowest BCUT2D eigenvalue weighted by molar-refractivity contribution is -0.139. The van der Waals surface area contributed by atoms with E-state index in [0.29, 0.717) is 25.1 Å². The summed E-state index contributed by atoms with van der Waals surface area (Å²) in [7, 11) is 3.28. The summed E-state index contributed by atoms with van der Waals surface area (Å²) in [5.74, 6) is -0.313. The third-order valence-corrected chi connectivity index (χ3v) is 7.22. The van der Waals surface area contributed by atoms with E-state index in [1.807, 2.05) is 23.1 Å². The van der Waals surface area contributed by atoms with Gasteiger partial charge < -0.3 is 19.9 Å². The molecule has 2 aliphatic heterocycles. The molecule has 2 heterocycles. The monoisotopic (exact) mass is 481 g/mol. The lowest BCUT2D eigenvalue weighted by Crippen LogP contribution is -2.49. The van der Waals surface area contributed by atoms with Gasteiger partial charge in [-0.05, 0) is 54.5 Å². The minimum atomic E-state index is -0.298. The highest BCUT2D eigenvalue weighted by Gasteiger charge is 2.35. The number of methoxy groups -OCH3 is 1. The number of likely N-dealkylation sites (tertiary alicyclic amines) is 1. The number of carbonyl (C=O) groups excluding carboxylic acids is 3. The highest BCUT2D eigenvalue weighted by Crippen LogP contribution is 2.30. The maximum absolute atomic E-state index is 13.4. The number of hydrogen-bond donors (Lipinski definition) is 1. The lowest BCUT2D eigenvalue weighted by atomic mass is 9.84. The van der Waals surface area contributed by atoms with Gasteiger partial charge in [-0.25, -0.2) is 4.39 Å². The third kappa shape index (κ3) is 5.70. The Morgan fingerprint density at radius 1 is 1.14 bits per heavy atom. The second kappa shape index (κ2) is 11.0. The number of hydrogen-bond acceptors (Lipinski definition) is 4. The molecule has 2 aromatic rings. The molecule has 0 radical (unpaired) electrons. The number of piperidine rings is 1. The Kier molecular flexibility index (Phi) is 7.80. The van der Waals surface area contributed by atoms with Crippen molar-refractivity contribution in [2.24, 2.45) is 5.92 Å². The topological polar surface area (TPSA) is 79.0 Å². The van der Waals surface area contributed by atoms with E-state index in [1.54, 1.807) is 30.1 Å². The van der Waals surface area contributed by atoms with Crippen LogP contribution in [0.4, 0.5) is 4.39 Å². The van der Waals surface area contributed by atoms with Crippen LogP contribution in [0.15, 0.2) is 48.5 Å². The van der Waals surface area contributed by atoms with Crippen LogP contribution in [-0.2, 0) is 20.7 Å². The van der Waals surface area contributed by atoms with Gasteiger partial charge in [0.1, 0.15) is 12.4 Å². The van der Waals surface area contributed by atoms with Gasteiger partial charge in [-0.1, -0.05) is 30.3 Å². The van der Waals surface area contributed by atoms with E-state index in [1.165, 1.54) is 19.2 Å². The summed E-state index contributed by atoms with van der Waals surface area (Å²) >= 11 is 0. The van der Waals surface area contributed by atoms with Gasteiger partial charge in [-0.3, -0.25) is 14.4 Å². The first-order valence-electron chi connectivity index (χ1n) is 12.0. The molecule has 0 spiro atoms. The Bertz CT molecular complexity index is 1070. The number of carbonyl (C=O) groups is 3. The maximum Gasteiger partial charge on any atom is 0.252 e. The van der Waals surface area contributed by atoms with Crippen LogP contribution in [0.25, 0.3) is 0 Å². The Hall–Kier alpha value is -3.26. The average molecular weight is 482 g/mol. The van der Waals surface area contributed by atoms with Crippen molar-refractivity contribution in [3.8, 4) is 0 Å². The summed E-state index contributed by atoms with van der Waals surface area (Å²) in [6, 6.07) is 13.4. The normalized spacial score (nSPS) is 18.7. The molecule has 1 fully saturated rings. The Morgan fingerprint density at radius 2 is 1.83 bits per heavy atom. The molecular formula is C27H32FN3O4. The average Bonchev–Trinajstić information content (AvgIpc) is 3.18. The molecule has 0 bridgehead atoms. The van der Waals surface area contributed by atoms with Crippen molar-refractivity contribution in [2.45, 2.75) is 37.8 Å². The van der Waals surface area contributed by atoms with E-state index in [4.69, 9.17) is 4.74 Å². The summed E-state index contributed by atoms with van der Waals surface area (Å²) < 4.78 is 18.4. The Morgan fingerprint density at radius 3 is 2.51 bits per heavy atom. The van der Waals surface area contributed by atoms with Crippen molar-refractivity contribution in [3.05, 3.63) is 71.0 Å². The molecule has 0 saturated carbocycles. The molecule has 0 aromatic heterocycles. The summed E-state index contributed by atoms with van der Waals surface area (Å²) in [6.45, 7) is 1.19. The smallest absolute Gasteiger partial charge is 0.252 e. The van der Waals surface area contributed by atoms with Crippen molar-refractivity contribution >= 4 is 17.7 Å². The van der Waals surface area contributed by atoms with E-state index >= 15 is 0 Å². The van der Waals surface area contributed by atoms with Crippen LogP contribution in [0.5, 0.6) is 0 Å². The van der Waals surface area contributed by atoms with Gasteiger partial charge in [-0.15, -0.1) is 0 Å². The molecule has 7 nitrogen and oxygen atoms in total. The van der Waals surface area contributed by atoms with Crippen LogP contribution < -0.4 is 5.32 Å². The van der Waals surface area contributed by atoms with Crippen molar-refractivity contribution in [1.82, 2.24) is 15.1 Å². The number of rotatable bonds is 8. The molecule has 35 heavy (non-hydrogen) atoms. The molecule has 3 amide bonds. The fraction of sp³-hybridized carbons (Fsp3) is 0.444. The fourth-order valence-corrected chi connectivity index (χ4v) is 5.21. The molecule has 1 saturated heterocycles. The van der Waals surface area contributed by atoms with E-state index in [0.717, 1.165) is 24.0 Å². The van der Waals surface area contributed by atoms with Gasteiger partial charge in [0.25, 0.3) is 5.91 Å². The predicted octanol–water partition coefficient (Wildman–Crippen LogP) is 2.96. The first-order valence-corrected chi connectivity index (χ1v) is 12.0. The highest BCUT2D eigenvalue weighted by atomic mass is 19.1. The number of nitrogens with one attached hydrogen (secondary N) is 1. The number of halogens is 1. The molecule has 4 rings (SSSR count). The molecule has 1 N–H and O–H groups in total. The van der Waals surface area contributed by atoms with Crippen molar-refractivity contribution in [1.29, 1.82) is 0 Å². The standard InChI is InChI=1S/C27H32FN3O4/c1-30(26(33)17-35-2)24(15-18-7-9-20(28)10-8-18)19-11-13-31(14-12-19)25(32)16-23-21-5-3-4-6-22(21)27(34)29-23/h3-10,19,23-24H,11-17H2,1-2H3,(H,29,34)/t23-,24-/m0/s1. The fourth-order valence-electron chi connectivity index (χ4n) is 5.21. The maximum atomic E-state index is 13.4. The Balaban J connectivity index is 1.39. The van der Waals surface area contributed by atoms with E-state index in [-0.39, 0.29) is 54.6 Å². The first-order chi connectivity index (χ1) is 16.9. The van der Waals surface area contributed by atoms with Crippen molar-refractivity contribution in [3.63, 3.8) is 0 Å². The van der Waals surface area contributed by atoms with Crippen LogP contribution in [-0.4, -0.2) is 67.4 Å². The highest BCUT2D eigenvalue weighted by molar-refractivity contribution is 5.99. The lowest BCUT2D eigenvalue weighted by Gasteiger charge is -2.40. The molecule has 186 valence electrons. The van der Waals surface area contributed by atoms with Crippen LogP contribution in [0.1, 0.15) is 46.8 Å². The van der Waals surface area contributed by atoms with Crippen molar-refractivity contribution < 1.29 is 23.5 Å². The molecule has 0 unspecified atom stereocenters. The SMILES string of the molecule is COCC(=O)N(C)[C@@H](Cc1ccc(F)cc1)C1CCN(C(=O)C[C@@H]2NC(=O)c3ccccc32)CC1. The van der Waals surface area contributed by atoms with E-state index < -0.39 is 0 Å². The zero-order valence-electron chi connectivity index (χ0n) is 20.2. The van der Waals surface area contributed by atoms with Crippen LogP contribution in [0, 0.1) is 11.7 Å². The predicted molar refractivity (Wildman–Crippen MR) is 129 cm³/mol. The summed E-state index contributed by atoms with van der Waals surface area (Å²) in [6.07, 6.45) is 2.36. The van der Waals surface area contributed by atoms with Crippen molar-refractivity contribution in [2.75, 3.05) is 33.9 Å². The molecule has 8 heteroatoms. The van der Waals surface area contributed by atoms with Gasteiger partial charge in [-0.2, -0.15) is 0 Å². The van der Waals surface area contributed by atoms with E-state index in [2.05, 4.69) is 5.32 Å². The summed E-state index contributed by atoms with van der Waals surface area (Å²) in [5.41, 5.74) is 2.47. The number of ether oxygens (including phenoxy) is 1. The molecule has 2 atom stereocenters. The van der Waals surface area contributed by atoms with Crippen LogP contribution >= 0.6 is 0 Å². The van der Waals surface area contributed by atoms with E-state index in [9.17, 15) is 18.8 Å².